The van der Waals surface area contributed by atoms with Crippen molar-refractivity contribution in [1.29, 1.82) is 0 Å². The van der Waals surface area contributed by atoms with Crippen LogP contribution in [0.4, 0.5) is 4.79 Å². The predicted molar refractivity (Wildman–Crippen MR) is 122 cm³/mol. The Hall–Kier alpha value is -2.77. The van der Waals surface area contributed by atoms with Gasteiger partial charge in [0.15, 0.2) is 0 Å². The van der Waals surface area contributed by atoms with Crippen LogP contribution in [-0.2, 0) is 14.3 Å². The van der Waals surface area contributed by atoms with E-state index in [0.29, 0.717) is 5.56 Å². The zero-order valence-electron chi connectivity index (χ0n) is 19.8. The number of nitrogens with one attached hydrogen (secondary N) is 2. The van der Waals surface area contributed by atoms with Crippen LogP contribution in [0.15, 0.2) is 24.3 Å². The molecule has 8 heteroatoms. The second kappa shape index (κ2) is 11.2. The van der Waals surface area contributed by atoms with Crippen LogP contribution in [0.25, 0.3) is 0 Å². The molecule has 1 aromatic carbocycles. The molecule has 2 rings (SSSR count). The van der Waals surface area contributed by atoms with Gasteiger partial charge in [-0.25, -0.2) is 4.79 Å². The second-order valence-electron chi connectivity index (χ2n) is 9.40. The molecule has 0 saturated heterocycles. The van der Waals surface area contributed by atoms with Crippen LogP contribution in [-0.4, -0.2) is 52.1 Å². The SMILES string of the molecule is CCCC(C)NC(=O)C(c1ccccc1O)N(C(=O)CNC(=O)OC(C)(C)C)C1CCC1. The van der Waals surface area contributed by atoms with E-state index in [2.05, 4.69) is 10.6 Å². The summed E-state index contributed by atoms with van der Waals surface area (Å²) in [5.41, 5.74) is -0.319. The maximum atomic E-state index is 13.4. The van der Waals surface area contributed by atoms with E-state index in [0.717, 1.165) is 32.1 Å². The molecule has 0 spiro atoms. The maximum absolute atomic E-state index is 13.4. The summed E-state index contributed by atoms with van der Waals surface area (Å²) in [7, 11) is 0. The first-order valence-electron chi connectivity index (χ1n) is 11.4. The molecule has 0 heterocycles. The van der Waals surface area contributed by atoms with Crippen molar-refractivity contribution in [3.63, 3.8) is 0 Å². The number of ether oxygens (including phenoxy) is 1. The number of aromatic hydroxyl groups is 1. The van der Waals surface area contributed by atoms with E-state index >= 15 is 0 Å². The summed E-state index contributed by atoms with van der Waals surface area (Å²) in [6.45, 7) is 8.88. The molecule has 178 valence electrons. The summed E-state index contributed by atoms with van der Waals surface area (Å²) < 4.78 is 5.22. The molecule has 1 saturated carbocycles. The minimum absolute atomic E-state index is 0.0481. The quantitative estimate of drug-likeness (QED) is 0.536. The fraction of sp³-hybridized carbons (Fsp3) is 0.625. The Bertz CT molecular complexity index is 801. The number of para-hydroxylation sites is 1. The normalized spacial score (nSPS) is 15.8. The van der Waals surface area contributed by atoms with Gasteiger partial charge < -0.3 is 25.4 Å². The van der Waals surface area contributed by atoms with E-state index in [9.17, 15) is 19.5 Å². The van der Waals surface area contributed by atoms with Gasteiger partial charge >= 0.3 is 6.09 Å². The fourth-order valence-corrected chi connectivity index (χ4v) is 3.74. The molecule has 0 radical (unpaired) electrons. The summed E-state index contributed by atoms with van der Waals surface area (Å²) in [4.78, 5) is 40.2. The number of carbonyl (C=O) groups excluding carboxylic acids is 3. The number of phenolic OH excluding ortho intramolecular Hbond substituents is 1. The molecule has 1 fully saturated rings. The first kappa shape index (κ1) is 25.5. The first-order chi connectivity index (χ1) is 15.0. The number of rotatable bonds is 9. The molecule has 8 nitrogen and oxygen atoms in total. The number of alkyl carbamates (subject to hydrolysis) is 1. The molecular weight excluding hydrogens is 410 g/mol. The second-order valence-corrected chi connectivity index (χ2v) is 9.40. The van der Waals surface area contributed by atoms with Crippen LogP contribution in [0.3, 0.4) is 0 Å². The molecule has 2 unspecified atom stereocenters. The molecule has 0 aliphatic heterocycles. The molecule has 3 amide bonds. The highest BCUT2D eigenvalue weighted by Crippen LogP contribution is 2.36. The number of hydrogen-bond donors (Lipinski definition) is 3. The lowest BCUT2D eigenvalue weighted by atomic mass is 9.88. The number of carbonyl (C=O) groups is 3. The highest BCUT2D eigenvalue weighted by Gasteiger charge is 2.40. The lowest BCUT2D eigenvalue weighted by Gasteiger charge is -2.42. The van der Waals surface area contributed by atoms with Gasteiger partial charge in [0.2, 0.25) is 11.8 Å². The standard InChI is InChI=1S/C24H37N3O5/c1-6-10-16(2)26-22(30)21(18-13-7-8-14-19(18)28)27(17-11-9-12-17)20(29)15-25-23(31)32-24(3,4)5/h7-8,13-14,16-17,21,28H,6,9-12,15H2,1-5H3,(H,25,31)(H,26,30). The Labute approximate surface area is 190 Å². The Balaban J connectivity index is 2.30. The number of nitrogens with zero attached hydrogens (tertiary/aromatic N) is 1. The van der Waals surface area contributed by atoms with E-state index in [-0.39, 0.29) is 30.3 Å². The minimum Gasteiger partial charge on any atom is -0.508 e. The van der Waals surface area contributed by atoms with E-state index < -0.39 is 23.6 Å². The first-order valence-corrected chi connectivity index (χ1v) is 11.4. The molecule has 3 N–H and O–H groups in total. The Morgan fingerprint density at radius 2 is 1.88 bits per heavy atom. The fourth-order valence-electron chi connectivity index (χ4n) is 3.74. The smallest absolute Gasteiger partial charge is 0.408 e. The van der Waals surface area contributed by atoms with Gasteiger partial charge in [-0.15, -0.1) is 0 Å². The van der Waals surface area contributed by atoms with Gasteiger partial charge in [0.25, 0.3) is 0 Å². The van der Waals surface area contributed by atoms with Crippen LogP contribution >= 0.6 is 0 Å². The summed E-state index contributed by atoms with van der Waals surface area (Å²) in [5.74, 6) is -0.787. The minimum atomic E-state index is -0.992. The molecule has 2 atom stereocenters. The third kappa shape index (κ3) is 7.14. The monoisotopic (exact) mass is 447 g/mol. The van der Waals surface area contributed by atoms with Gasteiger partial charge in [0.05, 0.1) is 0 Å². The van der Waals surface area contributed by atoms with E-state index in [1.54, 1.807) is 39.0 Å². The largest absolute Gasteiger partial charge is 0.508 e. The van der Waals surface area contributed by atoms with Crippen LogP contribution in [0.2, 0.25) is 0 Å². The number of hydrogen-bond acceptors (Lipinski definition) is 5. The summed E-state index contributed by atoms with van der Waals surface area (Å²) in [5, 5.41) is 16.0. The van der Waals surface area contributed by atoms with Gasteiger partial charge in [-0.1, -0.05) is 31.5 Å². The zero-order chi connectivity index (χ0) is 23.9. The van der Waals surface area contributed by atoms with Gasteiger partial charge in [-0.05, 0) is 59.4 Å². The van der Waals surface area contributed by atoms with Crippen molar-refractivity contribution in [1.82, 2.24) is 15.5 Å². The van der Waals surface area contributed by atoms with Crippen molar-refractivity contribution in [3.05, 3.63) is 29.8 Å². The van der Waals surface area contributed by atoms with Crippen LogP contribution in [0.1, 0.15) is 78.3 Å². The van der Waals surface area contributed by atoms with Gasteiger partial charge in [-0.3, -0.25) is 9.59 Å². The van der Waals surface area contributed by atoms with E-state index in [4.69, 9.17) is 4.74 Å². The molecule has 1 aromatic rings. The summed E-state index contributed by atoms with van der Waals surface area (Å²) in [6.07, 6.45) is 3.50. The number of amides is 3. The zero-order valence-corrected chi connectivity index (χ0v) is 19.8. The van der Waals surface area contributed by atoms with Crippen LogP contribution in [0.5, 0.6) is 5.75 Å². The maximum Gasteiger partial charge on any atom is 0.408 e. The third-order valence-electron chi connectivity index (χ3n) is 5.41. The summed E-state index contributed by atoms with van der Waals surface area (Å²) >= 11 is 0. The molecule has 32 heavy (non-hydrogen) atoms. The van der Waals surface area contributed by atoms with Crippen molar-refractivity contribution < 1.29 is 24.2 Å². The molecule has 0 bridgehead atoms. The molecule has 0 aromatic heterocycles. The van der Waals surface area contributed by atoms with E-state index in [1.807, 2.05) is 13.8 Å². The van der Waals surface area contributed by atoms with E-state index in [1.165, 1.54) is 11.0 Å². The van der Waals surface area contributed by atoms with Crippen molar-refractivity contribution >= 4 is 17.9 Å². The topological polar surface area (TPSA) is 108 Å². The number of benzene rings is 1. The summed E-state index contributed by atoms with van der Waals surface area (Å²) in [6, 6.07) is 5.37. The predicted octanol–water partition coefficient (Wildman–Crippen LogP) is 3.64. The molecule has 1 aliphatic carbocycles. The highest BCUT2D eigenvalue weighted by molar-refractivity contribution is 5.91. The third-order valence-corrected chi connectivity index (χ3v) is 5.41. The van der Waals surface area contributed by atoms with Crippen molar-refractivity contribution in [2.75, 3.05) is 6.54 Å². The Morgan fingerprint density at radius 3 is 2.41 bits per heavy atom. The Morgan fingerprint density at radius 1 is 1.22 bits per heavy atom. The van der Waals surface area contributed by atoms with Gasteiger partial charge in [0, 0.05) is 17.6 Å². The Kier molecular flexibility index (Phi) is 8.92. The van der Waals surface area contributed by atoms with Crippen molar-refractivity contribution in [3.8, 4) is 5.75 Å². The average molecular weight is 448 g/mol. The van der Waals surface area contributed by atoms with Crippen LogP contribution in [0, 0.1) is 0 Å². The van der Waals surface area contributed by atoms with Crippen molar-refractivity contribution in [2.24, 2.45) is 0 Å². The average Bonchev–Trinajstić information content (AvgIpc) is 2.64. The lowest BCUT2D eigenvalue weighted by Crippen LogP contribution is -2.54. The van der Waals surface area contributed by atoms with Gasteiger partial charge in [0.1, 0.15) is 23.9 Å². The lowest BCUT2D eigenvalue weighted by molar-refractivity contribution is -0.145. The van der Waals surface area contributed by atoms with Crippen LogP contribution < -0.4 is 10.6 Å². The molecule has 1 aliphatic rings. The molecular formula is C24H37N3O5. The van der Waals surface area contributed by atoms with Crippen molar-refractivity contribution in [2.45, 2.75) is 90.4 Å². The number of phenols is 1. The highest BCUT2D eigenvalue weighted by atomic mass is 16.6. The van der Waals surface area contributed by atoms with Gasteiger partial charge in [-0.2, -0.15) is 0 Å².